The van der Waals surface area contributed by atoms with Gasteiger partial charge in [0.15, 0.2) is 5.65 Å². The van der Waals surface area contributed by atoms with Crippen molar-refractivity contribution >= 4 is 33.8 Å². The maximum Gasteiger partial charge on any atom is 0.211 e. The smallest absolute Gasteiger partial charge is 0.211 e. The second-order valence-corrected chi connectivity index (χ2v) is 5.96. The summed E-state index contributed by atoms with van der Waals surface area (Å²) < 4.78 is 26.2. The molecule has 0 unspecified atom stereocenters. The van der Waals surface area contributed by atoms with Crippen molar-refractivity contribution in [2.24, 2.45) is 0 Å². The van der Waals surface area contributed by atoms with Crippen LogP contribution in [0.4, 0.5) is 8.78 Å². The number of aromatic nitrogens is 4. The van der Waals surface area contributed by atoms with Gasteiger partial charge in [-0.3, -0.25) is 0 Å². The monoisotopic (exact) mass is 328 g/mol. The van der Waals surface area contributed by atoms with Crippen molar-refractivity contribution in [3.8, 4) is 0 Å². The summed E-state index contributed by atoms with van der Waals surface area (Å²) in [7, 11) is 0. The van der Waals surface area contributed by atoms with Crippen LogP contribution in [0.2, 0.25) is 0 Å². The number of hydrogen-bond acceptors (Lipinski definition) is 4. The molecule has 0 saturated heterocycles. The van der Waals surface area contributed by atoms with Gasteiger partial charge in [0, 0.05) is 16.7 Å². The van der Waals surface area contributed by atoms with Crippen molar-refractivity contribution in [1.29, 1.82) is 0 Å². The van der Waals surface area contributed by atoms with Crippen LogP contribution in [-0.2, 0) is 5.75 Å². The van der Waals surface area contributed by atoms with Gasteiger partial charge >= 0.3 is 0 Å². The van der Waals surface area contributed by atoms with E-state index in [9.17, 15) is 8.78 Å². The highest BCUT2D eigenvalue weighted by molar-refractivity contribution is 7.98. The molecule has 0 saturated carbocycles. The maximum atomic E-state index is 13.3. The first-order chi connectivity index (χ1) is 11.2. The maximum absolute atomic E-state index is 13.3. The fraction of sp³-hybridized carbons (Fsp3) is 0.0625. The first-order valence-electron chi connectivity index (χ1n) is 6.88. The Bertz CT molecular complexity index is 998. The molecule has 4 nitrogen and oxygen atoms in total. The third-order valence-corrected chi connectivity index (χ3v) is 4.35. The minimum absolute atomic E-state index is 0.261. The van der Waals surface area contributed by atoms with E-state index in [1.54, 1.807) is 18.2 Å². The van der Waals surface area contributed by atoms with Crippen LogP contribution in [0.25, 0.3) is 22.1 Å². The first-order valence-corrected chi connectivity index (χ1v) is 7.86. The summed E-state index contributed by atoms with van der Waals surface area (Å²) in [5.74, 6) is 0.0286. The fourth-order valence-electron chi connectivity index (χ4n) is 2.32. The van der Waals surface area contributed by atoms with E-state index < -0.39 is 0 Å². The molecule has 0 aliphatic heterocycles. The van der Waals surface area contributed by atoms with Gasteiger partial charge in [-0.05, 0) is 35.9 Å². The molecule has 1 N–H and O–H groups in total. The fourth-order valence-corrected chi connectivity index (χ4v) is 3.06. The largest absolute Gasteiger partial charge is 0.338 e. The van der Waals surface area contributed by atoms with Crippen molar-refractivity contribution in [2.75, 3.05) is 0 Å². The molecule has 23 heavy (non-hydrogen) atoms. The minimum atomic E-state index is -0.324. The molecule has 2 aromatic heterocycles. The van der Waals surface area contributed by atoms with Crippen LogP contribution in [0.3, 0.4) is 0 Å². The molecule has 4 rings (SSSR count). The van der Waals surface area contributed by atoms with Crippen molar-refractivity contribution in [3.63, 3.8) is 0 Å². The molecule has 0 radical (unpaired) electrons. The third-order valence-electron chi connectivity index (χ3n) is 3.44. The summed E-state index contributed by atoms with van der Waals surface area (Å²) in [5, 5.41) is 9.39. The molecule has 0 atom stereocenters. The number of nitrogens with one attached hydrogen (secondary N) is 1. The van der Waals surface area contributed by atoms with E-state index in [1.165, 1.54) is 36.0 Å². The van der Waals surface area contributed by atoms with E-state index in [4.69, 9.17) is 0 Å². The topological polar surface area (TPSA) is 54.5 Å². The van der Waals surface area contributed by atoms with Crippen LogP contribution in [0.15, 0.2) is 47.6 Å². The lowest BCUT2D eigenvalue weighted by Gasteiger charge is -2.00. The Labute approximate surface area is 134 Å². The summed E-state index contributed by atoms with van der Waals surface area (Å²) in [6, 6.07) is 10.7. The van der Waals surface area contributed by atoms with Crippen molar-refractivity contribution in [1.82, 2.24) is 20.2 Å². The van der Waals surface area contributed by atoms with Gasteiger partial charge in [0.25, 0.3) is 0 Å². The van der Waals surface area contributed by atoms with Gasteiger partial charge in [0.2, 0.25) is 5.16 Å². The van der Waals surface area contributed by atoms with E-state index in [0.717, 1.165) is 11.1 Å². The molecule has 0 aliphatic rings. The number of halogens is 2. The molecule has 7 heteroatoms. The number of thioether (sulfide) groups is 1. The average Bonchev–Trinajstić information content (AvgIpc) is 2.91. The third kappa shape index (κ3) is 2.75. The van der Waals surface area contributed by atoms with Crippen LogP contribution >= 0.6 is 11.8 Å². The molecule has 114 valence electrons. The molecule has 4 aromatic rings. The van der Waals surface area contributed by atoms with Crippen LogP contribution < -0.4 is 0 Å². The highest BCUT2D eigenvalue weighted by Crippen LogP contribution is 2.25. The number of benzene rings is 2. The number of nitrogens with zero attached hydrogens (tertiary/aromatic N) is 3. The van der Waals surface area contributed by atoms with Crippen molar-refractivity contribution < 1.29 is 8.78 Å². The summed E-state index contributed by atoms with van der Waals surface area (Å²) in [4.78, 5) is 7.52. The number of H-pyrrole nitrogens is 1. The predicted octanol–water partition coefficient (Wildman–Crippen LogP) is 4.08. The minimum Gasteiger partial charge on any atom is -0.338 e. The van der Waals surface area contributed by atoms with E-state index in [2.05, 4.69) is 20.2 Å². The molecule has 2 aromatic carbocycles. The predicted molar refractivity (Wildman–Crippen MR) is 85.1 cm³/mol. The number of aromatic amines is 1. The second kappa shape index (κ2) is 5.58. The Kier molecular flexibility index (Phi) is 3.42. The van der Waals surface area contributed by atoms with Gasteiger partial charge in [-0.25, -0.2) is 13.8 Å². The Hall–Kier alpha value is -2.54. The number of rotatable bonds is 3. The quantitative estimate of drug-likeness (QED) is 0.576. The lowest BCUT2D eigenvalue weighted by molar-refractivity contribution is 0.627. The second-order valence-electron chi connectivity index (χ2n) is 5.02. The molecule has 2 heterocycles. The zero-order chi connectivity index (χ0) is 15.8. The average molecular weight is 328 g/mol. The SMILES string of the molecule is Fc1ccc(CSc2nnc3c(n2)[nH]c2ccc(F)cc23)cc1. The van der Waals surface area contributed by atoms with Crippen LogP contribution in [0, 0.1) is 11.6 Å². The van der Waals surface area contributed by atoms with Gasteiger partial charge in [-0.15, -0.1) is 10.2 Å². The molecule has 0 spiro atoms. The summed E-state index contributed by atoms with van der Waals surface area (Å²) >= 11 is 1.41. The number of fused-ring (bicyclic) bond motifs is 3. The van der Waals surface area contributed by atoms with Crippen LogP contribution in [0.1, 0.15) is 5.56 Å². The van der Waals surface area contributed by atoms with Crippen molar-refractivity contribution in [2.45, 2.75) is 10.9 Å². The lowest BCUT2D eigenvalue weighted by atomic mass is 10.2. The lowest BCUT2D eigenvalue weighted by Crippen LogP contribution is -1.92. The molecule has 0 amide bonds. The van der Waals surface area contributed by atoms with Crippen LogP contribution in [-0.4, -0.2) is 20.2 Å². The van der Waals surface area contributed by atoms with Crippen LogP contribution in [0.5, 0.6) is 0 Å². The van der Waals surface area contributed by atoms with E-state index >= 15 is 0 Å². The van der Waals surface area contributed by atoms with Gasteiger partial charge in [-0.1, -0.05) is 23.9 Å². The summed E-state index contributed by atoms with van der Waals surface area (Å²) in [6.45, 7) is 0. The first kappa shape index (κ1) is 14.1. The Morgan fingerprint density at radius 1 is 0.957 bits per heavy atom. The highest BCUT2D eigenvalue weighted by Gasteiger charge is 2.10. The van der Waals surface area contributed by atoms with Gasteiger partial charge < -0.3 is 4.98 Å². The Balaban J connectivity index is 1.63. The summed E-state index contributed by atoms with van der Waals surface area (Å²) in [6.07, 6.45) is 0. The zero-order valence-corrected chi connectivity index (χ0v) is 12.6. The van der Waals surface area contributed by atoms with E-state index in [0.29, 0.717) is 27.5 Å². The van der Waals surface area contributed by atoms with Crippen molar-refractivity contribution in [3.05, 3.63) is 59.7 Å². The summed E-state index contributed by atoms with van der Waals surface area (Å²) in [5.41, 5.74) is 2.86. The van der Waals surface area contributed by atoms with Gasteiger partial charge in [0.05, 0.1) is 0 Å². The molecular weight excluding hydrogens is 318 g/mol. The normalized spacial score (nSPS) is 11.4. The standard InChI is InChI=1S/C16H10F2N4S/c17-10-3-1-9(2-4-10)8-23-16-20-15-14(21-22-16)12-7-11(18)5-6-13(12)19-15/h1-7H,8H2,(H,19,20,22). The highest BCUT2D eigenvalue weighted by atomic mass is 32.2. The molecule has 0 fully saturated rings. The zero-order valence-electron chi connectivity index (χ0n) is 11.8. The van der Waals surface area contributed by atoms with E-state index in [1.807, 2.05) is 0 Å². The molecule has 0 aliphatic carbocycles. The number of hydrogen-bond donors (Lipinski definition) is 1. The molecule has 0 bridgehead atoms. The van der Waals surface area contributed by atoms with E-state index in [-0.39, 0.29) is 11.6 Å². The Morgan fingerprint density at radius 3 is 2.57 bits per heavy atom. The Morgan fingerprint density at radius 2 is 1.74 bits per heavy atom. The van der Waals surface area contributed by atoms with Gasteiger partial charge in [0.1, 0.15) is 17.2 Å². The van der Waals surface area contributed by atoms with Gasteiger partial charge in [-0.2, -0.15) is 0 Å². The molecular formula is C16H10F2N4S.